The highest BCUT2D eigenvalue weighted by atomic mass is 16.5. The van der Waals surface area contributed by atoms with E-state index >= 15 is 0 Å². The first-order valence-corrected chi connectivity index (χ1v) is 7.05. The fourth-order valence-corrected chi connectivity index (χ4v) is 1.87. The van der Waals surface area contributed by atoms with Crippen molar-refractivity contribution in [3.8, 4) is 5.75 Å². The molecule has 106 valence electrons. The van der Waals surface area contributed by atoms with Crippen LogP contribution in [0.4, 0.5) is 0 Å². The minimum absolute atomic E-state index is 0.557. The average molecular weight is 262 g/mol. The van der Waals surface area contributed by atoms with Crippen LogP contribution in [0, 0.1) is 0 Å². The molecule has 0 unspecified atom stereocenters. The number of ether oxygens (including phenoxy) is 1. The quantitative estimate of drug-likeness (QED) is 0.518. The largest absolute Gasteiger partial charge is 0.490 e. The molecule has 0 atom stereocenters. The van der Waals surface area contributed by atoms with Gasteiger partial charge in [0.1, 0.15) is 12.4 Å². The summed E-state index contributed by atoms with van der Waals surface area (Å²) in [6, 6.07) is 8.21. The Morgan fingerprint density at radius 1 is 1.21 bits per heavy atom. The number of rotatable bonds is 10. The summed E-state index contributed by atoms with van der Waals surface area (Å²) in [4.78, 5) is 2.42. The van der Waals surface area contributed by atoms with E-state index in [0.717, 1.165) is 38.5 Å². The molecular weight excluding hydrogens is 236 g/mol. The maximum atomic E-state index is 5.45. The first-order chi connectivity index (χ1) is 9.30. The molecule has 0 aliphatic heterocycles. The van der Waals surface area contributed by atoms with E-state index in [-0.39, 0.29) is 0 Å². The van der Waals surface area contributed by atoms with Gasteiger partial charge in [-0.15, -0.1) is 0 Å². The highest BCUT2D eigenvalue weighted by Gasteiger charge is 1.98. The molecule has 0 heterocycles. The summed E-state index contributed by atoms with van der Waals surface area (Å²) < 4.78 is 5.45. The molecule has 0 amide bonds. The Balaban J connectivity index is 2.24. The van der Waals surface area contributed by atoms with Crippen molar-refractivity contribution < 1.29 is 4.74 Å². The van der Waals surface area contributed by atoms with Gasteiger partial charge in [-0.05, 0) is 30.8 Å². The molecule has 1 aromatic carbocycles. The Morgan fingerprint density at radius 2 is 1.89 bits per heavy atom. The summed E-state index contributed by atoms with van der Waals surface area (Å²) in [6.45, 7) is 13.9. The first-order valence-electron chi connectivity index (χ1n) is 7.05. The Bertz CT molecular complexity index is 344. The van der Waals surface area contributed by atoms with E-state index in [9.17, 15) is 0 Å². The zero-order valence-electron chi connectivity index (χ0n) is 12.2. The fourth-order valence-electron chi connectivity index (χ4n) is 1.87. The zero-order valence-corrected chi connectivity index (χ0v) is 12.2. The van der Waals surface area contributed by atoms with E-state index in [1.165, 1.54) is 5.56 Å². The third-order valence-electron chi connectivity index (χ3n) is 3.12. The molecular formula is C16H26N2O. The highest BCUT2D eigenvalue weighted by Crippen LogP contribution is 2.11. The van der Waals surface area contributed by atoms with Gasteiger partial charge in [0.15, 0.2) is 0 Å². The van der Waals surface area contributed by atoms with Gasteiger partial charge in [0.25, 0.3) is 0 Å². The lowest BCUT2D eigenvalue weighted by Crippen LogP contribution is -2.31. The second-order valence-electron chi connectivity index (χ2n) is 4.45. The van der Waals surface area contributed by atoms with E-state index in [0.29, 0.717) is 6.61 Å². The standard InChI is InChI=1S/C16H26N2O/c1-4-13-19-16-9-7-15(8-10-16)14-17-11-12-18(5-2)6-3/h4,7-10,17H,1,5-6,11-14H2,2-3H3. The molecule has 0 aromatic heterocycles. The second kappa shape index (κ2) is 9.59. The van der Waals surface area contributed by atoms with Gasteiger partial charge in [-0.3, -0.25) is 0 Å². The molecule has 0 radical (unpaired) electrons. The molecule has 0 aliphatic carbocycles. The van der Waals surface area contributed by atoms with Crippen LogP contribution in [0.25, 0.3) is 0 Å². The van der Waals surface area contributed by atoms with Gasteiger partial charge >= 0.3 is 0 Å². The number of hydrogen-bond donors (Lipinski definition) is 1. The molecule has 1 N–H and O–H groups in total. The lowest BCUT2D eigenvalue weighted by atomic mass is 10.2. The van der Waals surface area contributed by atoms with E-state index in [1.54, 1.807) is 6.08 Å². The molecule has 0 fully saturated rings. The third kappa shape index (κ3) is 6.41. The van der Waals surface area contributed by atoms with Crippen LogP contribution in [-0.4, -0.2) is 37.7 Å². The third-order valence-corrected chi connectivity index (χ3v) is 3.12. The van der Waals surface area contributed by atoms with E-state index in [1.807, 2.05) is 12.1 Å². The van der Waals surface area contributed by atoms with Crippen LogP contribution >= 0.6 is 0 Å². The summed E-state index contributed by atoms with van der Waals surface area (Å²) in [5.41, 5.74) is 1.28. The number of benzene rings is 1. The predicted molar refractivity (Wildman–Crippen MR) is 81.6 cm³/mol. The number of hydrogen-bond acceptors (Lipinski definition) is 3. The van der Waals surface area contributed by atoms with Gasteiger partial charge in [-0.1, -0.05) is 38.6 Å². The smallest absolute Gasteiger partial charge is 0.119 e. The van der Waals surface area contributed by atoms with Crippen molar-refractivity contribution in [1.29, 1.82) is 0 Å². The summed E-state index contributed by atoms with van der Waals surface area (Å²) in [5.74, 6) is 0.895. The normalized spacial score (nSPS) is 10.7. The number of likely N-dealkylation sites (N-methyl/N-ethyl adjacent to an activating group) is 1. The van der Waals surface area contributed by atoms with Crippen LogP contribution in [0.15, 0.2) is 36.9 Å². The Hall–Kier alpha value is -1.32. The van der Waals surface area contributed by atoms with Crippen molar-refractivity contribution in [2.45, 2.75) is 20.4 Å². The van der Waals surface area contributed by atoms with E-state index in [2.05, 4.69) is 42.8 Å². The summed E-state index contributed by atoms with van der Waals surface area (Å²) in [5, 5.41) is 3.46. The fraction of sp³-hybridized carbons (Fsp3) is 0.500. The predicted octanol–water partition coefficient (Wildman–Crippen LogP) is 2.68. The maximum Gasteiger partial charge on any atom is 0.119 e. The monoisotopic (exact) mass is 262 g/mol. The molecule has 1 aromatic rings. The van der Waals surface area contributed by atoms with Gasteiger partial charge in [-0.25, -0.2) is 0 Å². The Morgan fingerprint density at radius 3 is 2.47 bits per heavy atom. The van der Waals surface area contributed by atoms with Crippen LogP contribution in [0.1, 0.15) is 19.4 Å². The lowest BCUT2D eigenvalue weighted by Gasteiger charge is -2.18. The van der Waals surface area contributed by atoms with Crippen LogP contribution in [0.3, 0.4) is 0 Å². The summed E-state index contributed by atoms with van der Waals surface area (Å²) in [6.07, 6.45) is 1.75. The minimum Gasteiger partial charge on any atom is -0.490 e. The van der Waals surface area contributed by atoms with Crippen molar-refractivity contribution in [2.75, 3.05) is 32.8 Å². The SMILES string of the molecule is C=CCOc1ccc(CNCCN(CC)CC)cc1. The minimum atomic E-state index is 0.557. The summed E-state index contributed by atoms with van der Waals surface area (Å²) in [7, 11) is 0. The average Bonchev–Trinajstić information content (AvgIpc) is 2.46. The topological polar surface area (TPSA) is 24.5 Å². The van der Waals surface area contributed by atoms with Crippen LogP contribution in [0.2, 0.25) is 0 Å². The number of nitrogens with zero attached hydrogens (tertiary/aromatic N) is 1. The van der Waals surface area contributed by atoms with Crippen molar-refractivity contribution >= 4 is 0 Å². The van der Waals surface area contributed by atoms with Crippen molar-refractivity contribution in [2.24, 2.45) is 0 Å². The van der Waals surface area contributed by atoms with Crippen LogP contribution in [0.5, 0.6) is 5.75 Å². The lowest BCUT2D eigenvalue weighted by molar-refractivity contribution is 0.302. The van der Waals surface area contributed by atoms with Gasteiger partial charge in [0.2, 0.25) is 0 Å². The van der Waals surface area contributed by atoms with E-state index in [4.69, 9.17) is 4.74 Å². The van der Waals surface area contributed by atoms with Crippen LogP contribution in [-0.2, 0) is 6.54 Å². The van der Waals surface area contributed by atoms with Crippen molar-refractivity contribution in [3.63, 3.8) is 0 Å². The number of nitrogens with one attached hydrogen (secondary N) is 1. The molecule has 0 saturated carbocycles. The first kappa shape index (κ1) is 15.7. The molecule has 19 heavy (non-hydrogen) atoms. The highest BCUT2D eigenvalue weighted by molar-refractivity contribution is 5.27. The Kier molecular flexibility index (Phi) is 7.94. The molecule has 3 heteroatoms. The van der Waals surface area contributed by atoms with Gasteiger partial charge < -0.3 is 15.0 Å². The molecule has 1 rings (SSSR count). The summed E-state index contributed by atoms with van der Waals surface area (Å²) >= 11 is 0. The molecule has 0 bridgehead atoms. The Labute approximate surface area is 117 Å². The zero-order chi connectivity index (χ0) is 13.9. The van der Waals surface area contributed by atoms with Gasteiger partial charge in [0, 0.05) is 19.6 Å². The van der Waals surface area contributed by atoms with E-state index < -0.39 is 0 Å². The second-order valence-corrected chi connectivity index (χ2v) is 4.45. The molecule has 0 aliphatic rings. The maximum absolute atomic E-state index is 5.45. The van der Waals surface area contributed by atoms with Gasteiger partial charge in [-0.2, -0.15) is 0 Å². The van der Waals surface area contributed by atoms with Crippen molar-refractivity contribution in [1.82, 2.24) is 10.2 Å². The molecule has 0 spiro atoms. The van der Waals surface area contributed by atoms with Crippen molar-refractivity contribution in [3.05, 3.63) is 42.5 Å². The molecule has 3 nitrogen and oxygen atoms in total. The van der Waals surface area contributed by atoms with Crippen LogP contribution < -0.4 is 10.1 Å². The van der Waals surface area contributed by atoms with Gasteiger partial charge in [0.05, 0.1) is 0 Å². The molecule has 0 saturated heterocycles.